The monoisotopic (exact) mass is 321 g/mol. The Labute approximate surface area is 120 Å². The predicted molar refractivity (Wildman–Crippen MR) is 71.6 cm³/mol. The van der Waals surface area contributed by atoms with E-state index in [4.69, 9.17) is 4.74 Å². The van der Waals surface area contributed by atoms with Crippen LogP contribution in [0.4, 0.5) is 13.2 Å². The summed E-state index contributed by atoms with van der Waals surface area (Å²) in [7, 11) is -4.11. The van der Waals surface area contributed by atoms with E-state index in [-0.39, 0.29) is 11.8 Å². The first-order valence-corrected chi connectivity index (χ1v) is 7.63. The number of halogens is 3. The van der Waals surface area contributed by atoms with Crippen LogP contribution in [0.15, 0.2) is 22.0 Å². The molecule has 0 N–H and O–H groups in total. The van der Waals surface area contributed by atoms with Crippen molar-refractivity contribution in [1.82, 2.24) is 0 Å². The Morgan fingerprint density at radius 3 is 2.48 bits per heavy atom. The van der Waals surface area contributed by atoms with Crippen LogP contribution in [0.3, 0.4) is 0 Å². The molecule has 1 aliphatic rings. The molecule has 0 saturated carbocycles. The van der Waals surface area contributed by atoms with Crippen molar-refractivity contribution in [3.05, 3.63) is 23.3 Å². The second-order valence-electron chi connectivity index (χ2n) is 4.88. The number of rotatable bonds is 2. The Hall–Kier alpha value is -1.57. The third-order valence-corrected chi connectivity index (χ3v) is 4.75. The highest BCUT2D eigenvalue weighted by Gasteiger charge is 2.47. The molecular formula is C13H14F3NO3S. The molecule has 8 heteroatoms. The zero-order valence-electron chi connectivity index (χ0n) is 11.7. The van der Waals surface area contributed by atoms with Gasteiger partial charge in [-0.3, -0.25) is 4.99 Å². The van der Waals surface area contributed by atoms with Gasteiger partial charge >= 0.3 is 5.51 Å². The topological polar surface area (TPSA) is 55.7 Å². The molecule has 0 aliphatic carbocycles. The van der Waals surface area contributed by atoms with Crippen molar-refractivity contribution in [3.8, 4) is 5.75 Å². The summed E-state index contributed by atoms with van der Waals surface area (Å²) in [6.45, 7) is 3.53. The largest absolute Gasteiger partial charge is 0.501 e. The first-order chi connectivity index (χ1) is 9.57. The van der Waals surface area contributed by atoms with Crippen molar-refractivity contribution < 1.29 is 26.3 Å². The minimum Gasteiger partial charge on any atom is -0.496 e. The molecule has 21 heavy (non-hydrogen) atoms. The molecule has 0 unspecified atom stereocenters. The van der Waals surface area contributed by atoms with E-state index in [2.05, 4.69) is 4.99 Å². The van der Waals surface area contributed by atoms with Gasteiger partial charge in [-0.1, -0.05) is 0 Å². The Bertz CT molecular complexity index is 708. The van der Waals surface area contributed by atoms with Gasteiger partial charge in [-0.15, -0.1) is 0 Å². The summed E-state index contributed by atoms with van der Waals surface area (Å²) >= 11 is 0. The Balaban J connectivity index is 2.71. The van der Waals surface area contributed by atoms with Crippen LogP contribution in [0.1, 0.15) is 25.0 Å². The van der Waals surface area contributed by atoms with Crippen LogP contribution in [0.5, 0.6) is 5.75 Å². The van der Waals surface area contributed by atoms with Gasteiger partial charge < -0.3 is 4.74 Å². The quantitative estimate of drug-likeness (QED) is 0.841. The summed E-state index contributed by atoms with van der Waals surface area (Å²) < 4.78 is 66.2. The van der Waals surface area contributed by atoms with Gasteiger partial charge in [-0.25, -0.2) is 8.42 Å². The van der Waals surface area contributed by atoms with Crippen molar-refractivity contribution in [2.24, 2.45) is 4.99 Å². The summed E-state index contributed by atoms with van der Waals surface area (Å²) in [5.74, 6) is 0.0866. The van der Waals surface area contributed by atoms with E-state index in [1.807, 2.05) is 6.92 Å². The smallest absolute Gasteiger partial charge is 0.496 e. The van der Waals surface area contributed by atoms with E-state index in [1.165, 1.54) is 7.11 Å². The molecule has 2 rings (SSSR count). The highest BCUT2D eigenvalue weighted by molar-refractivity contribution is 7.92. The molecule has 0 spiro atoms. The van der Waals surface area contributed by atoms with E-state index >= 15 is 0 Å². The Morgan fingerprint density at radius 2 is 1.95 bits per heavy atom. The molecule has 0 aromatic heterocycles. The fraction of sp³-hybridized carbons (Fsp3) is 0.462. The van der Waals surface area contributed by atoms with Gasteiger partial charge in [0, 0.05) is 11.3 Å². The zero-order chi connectivity index (χ0) is 16.0. The summed E-state index contributed by atoms with van der Waals surface area (Å²) in [4.78, 5) is 3.54. The lowest BCUT2D eigenvalue weighted by Crippen LogP contribution is -2.25. The van der Waals surface area contributed by atoms with E-state index < -0.39 is 20.2 Å². The second-order valence-corrected chi connectivity index (χ2v) is 6.82. The zero-order valence-corrected chi connectivity index (χ0v) is 12.5. The first-order valence-electron chi connectivity index (χ1n) is 6.15. The lowest BCUT2D eigenvalue weighted by atomic mass is 9.94. The van der Waals surface area contributed by atoms with Gasteiger partial charge in [0.25, 0.3) is 9.84 Å². The lowest BCUT2D eigenvalue weighted by Gasteiger charge is -2.22. The third-order valence-electron chi connectivity index (χ3n) is 3.28. The SMILES string of the molecule is COc1cc(S(=O)(=O)C(F)(F)F)cc2c1C(C)=N[C@H](C)C2. The van der Waals surface area contributed by atoms with E-state index in [9.17, 15) is 21.6 Å². The van der Waals surface area contributed by atoms with E-state index in [0.29, 0.717) is 23.3 Å². The standard InChI is InChI=1S/C13H14F3NO3S/c1-7-4-9-5-10(21(18,19)13(14,15)16)6-11(20-3)12(9)8(2)17-7/h5-7H,4H2,1-3H3/t7-/m1/s1. The summed E-state index contributed by atoms with van der Waals surface area (Å²) in [5.41, 5.74) is -3.65. The number of hydrogen-bond acceptors (Lipinski definition) is 4. The molecule has 0 bridgehead atoms. The van der Waals surface area contributed by atoms with E-state index in [1.54, 1.807) is 6.92 Å². The number of alkyl halides is 3. The van der Waals surface area contributed by atoms with Crippen LogP contribution in [-0.4, -0.2) is 32.8 Å². The predicted octanol–water partition coefficient (Wildman–Crippen LogP) is 2.74. The molecule has 1 atom stereocenters. The molecule has 0 saturated heterocycles. The highest BCUT2D eigenvalue weighted by atomic mass is 32.2. The number of fused-ring (bicyclic) bond motifs is 1. The maximum Gasteiger partial charge on any atom is 0.501 e. The van der Waals surface area contributed by atoms with Crippen molar-refractivity contribution >= 4 is 15.5 Å². The molecular weight excluding hydrogens is 307 g/mol. The van der Waals surface area contributed by atoms with Crippen LogP contribution in [0.2, 0.25) is 0 Å². The van der Waals surface area contributed by atoms with Crippen molar-refractivity contribution in [2.75, 3.05) is 7.11 Å². The third kappa shape index (κ3) is 2.64. The first kappa shape index (κ1) is 15.8. The number of sulfone groups is 1. The fourth-order valence-corrected chi connectivity index (χ4v) is 3.25. The van der Waals surface area contributed by atoms with Crippen molar-refractivity contribution in [1.29, 1.82) is 0 Å². The molecule has 1 aliphatic heterocycles. The summed E-state index contributed by atoms with van der Waals surface area (Å²) in [5, 5.41) is 0. The molecule has 4 nitrogen and oxygen atoms in total. The molecule has 0 fully saturated rings. The van der Waals surface area contributed by atoms with Crippen LogP contribution in [0.25, 0.3) is 0 Å². The number of ether oxygens (including phenoxy) is 1. The van der Waals surface area contributed by atoms with Gasteiger partial charge in [0.05, 0.1) is 18.0 Å². The Morgan fingerprint density at radius 1 is 1.33 bits per heavy atom. The fourth-order valence-electron chi connectivity index (χ4n) is 2.43. The molecule has 0 radical (unpaired) electrons. The van der Waals surface area contributed by atoms with Gasteiger partial charge in [0.1, 0.15) is 5.75 Å². The summed E-state index contributed by atoms with van der Waals surface area (Å²) in [6, 6.07) is 1.84. The maximum atomic E-state index is 12.7. The number of hydrogen-bond donors (Lipinski definition) is 0. The van der Waals surface area contributed by atoms with E-state index in [0.717, 1.165) is 12.1 Å². The Kier molecular flexibility index (Phi) is 3.77. The van der Waals surface area contributed by atoms with Crippen LogP contribution in [-0.2, 0) is 16.3 Å². The van der Waals surface area contributed by atoms with Gasteiger partial charge in [-0.2, -0.15) is 13.2 Å². The van der Waals surface area contributed by atoms with Gasteiger partial charge in [-0.05, 0) is 38.0 Å². The van der Waals surface area contributed by atoms with Crippen LogP contribution in [0, 0.1) is 0 Å². The average molecular weight is 321 g/mol. The maximum absolute atomic E-state index is 12.7. The number of benzene rings is 1. The number of methoxy groups -OCH3 is 1. The molecule has 116 valence electrons. The minimum absolute atomic E-state index is 0.0866. The normalized spacial score (nSPS) is 19.0. The van der Waals surface area contributed by atoms with Crippen LogP contribution < -0.4 is 4.74 Å². The number of aliphatic imine (C=N–C) groups is 1. The minimum atomic E-state index is -5.40. The molecule has 1 heterocycles. The molecule has 0 amide bonds. The molecule has 1 aromatic carbocycles. The summed E-state index contributed by atoms with van der Waals surface area (Å²) in [6.07, 6.45) is 0.365. The molecule has 1 aromatic rings. The van der Waals surface area contributed by atoms with Gasteiger partial charge in [0.15, 0.2) is 0 Å². The van der Waals surface area contributed by atoms with Gasteiger partial charge in [0.2, 0.25) is 0 Å². The average Bonchev–Trinajstić information content (AvgIpc) is 2.35. The second kappa shape index (κ2) is 5.01. The lowest BCUT2D eigenvalue weighted by molar-refractivity contribution is -0.0436. The van der Waals surface area contributed by atoms with Crippen LogP contribution >= 0.6 is 0 Å². The number of nitrogens with zero attached hydrogens (tertiary/aromatic N) is 1. The highest BCUT2D eigenvalue weighted by Crippen LogP contribution is 2.36. The van der Waals surface area contributed by atoms with Crippen molar-refractivity contribution in [2.45, 2.75) is 36.7 Å². The van der Waals surface area contributed by atoms with Crippen molar-refractivity contribution in [3.63, 3.8) is 0 Å².